The third-order valence-corrected chi connectivity index (χ3v) is 5.65. The number of carbonyl (C=O) groups is 1. The first-order chi connectivity index (χ1) is 14.1. The number of methoxy groups -OCH3 is 1. The van der Waals surface area contributed by atoms with Crippen LogP contribution >= 0.6 is 11.8 Å². The lowest BCUT2D eigenvalue weighted by atomic mass is 10.0. The summed E-state index contributed by atoms with van der Waals surface area (Å²) < 4.78 is 7.30. The Morgan fingerprint density at radius 3 is 2.59 bits per heavy atom. The minimum atomic E-state index is -0.0147. The molecule has 0 aliphatic heterocycles. The monoisotopic (exact) mass is 410 g/mol. The van der Waals surface area contributed by atoms with Gasteiger partial charge in [0, 0.05) is 7.05 Å². The van der Waals surface area contributed by atoms with E-state index in [1.54, 1.807) is 7.11 Å². The van der Waals surface area contributed by atoms with E-state index in [0.717, 1.165) is 29.7 Å². The highest BCUT2D eigenvalue weighted by Crippen LogP contribution is 2.30. The van der Waals surface area contributed by atoms with Gasteiger partial charge in [-0.1, -0.05) is 67.6 Å². The van der Waals surface area contributed by atoms with Crippen molar-refractivity contribution in [3.05, 3.63) is 60.2 Å². The molecule has 29 heavy (non-hydrogen) atoms. The molecule has 1 aromatic heterocycles. The van der Waals surface area contributed by atoms with Crippen LogP contribution in [-0.2, 0) is 11.8 Å². The van der Waals surface area contributed by atoms with Gasteiger partial charge in [-0.2, -0.15) is 0 Å². The maximum atomic E-state index is 12.6. The highest BCUT2D eigenvalue weighted by atomic mass is 32.2. The number of aromatic nitrogens is 3. The van der Waals surface area contributed by atoms with Crippen LogP contribution in [0.5, 0.6) is 5.75 Å². The van der Waals surface area contributed by atoms with Gasteiger partial charge in [0.2, 0.25) is 5.91 Å². The van der Waals surface area contributed by atoms with Gasteiger partial charge in [0.25, 0.3) is 0 Å². The van der Waals surface area contributed by atoms with Crippen LogP contribution in [0.25, 0.3) is 11.4 Å². The SMILES string of the molecule is CCC[C@@H](NC(=O)CSc1nnc(-c2ccccc2OC)n1C)c1ccccc1. The summed E-state index contributed by atoms with van der Waals surface area (Å²) in [6, 6.07) is 17.8. The number of hydrogen-bond acceptors (Lipinski definition) is 5. The van der Waals surface area contributed by atoms with Crippen molar-refractivity contribution in [3.63, 3.8) is 0 Å². The van der Waals surface area contributed by atoms with Crippen LogP contribution < -0.4 is 10.1 Å². The molecule has 0 radical (unpaired) electrons. The van der Waals surface area contributed by atoms with E-state index in [4.69, 9.17) is 4.74 Å². The van der Waals surface area contributed by atoms with Crippen LogP contribution in [0, 0.1) is 0 Å². The average molecular weight is 411 g/mol. The summed E-state index contributed by atoms with van der Waals surface area (Å²) in [5, 5.41) is 12.4. The standard InChI is InChI=1S/C22H26N4O2S/c1-4-10-18(16-11-6-5-7-12-16)23-20(27)15-29-22-25-24-21(26(22)2)17-13-8-9-14-19(17)28-3/h5-9,11-14,18H,4,10,15H2,1-3H3,(H,23,27)/t18-/m1/s1. The molecule has 0 fully saturated rings. The van der Waals surface area contributed by atoms with Crippen LogP contribution in [0.3, 0.4) is 0 Å². The molecule has 0 saturated carbocycles. The number of benzene rings is 2. The lowest BCUT2D eigenvalue weighted by molar-refractivity contribution is -0.119. The molecular formula is C22H26N4O2S. The van der Waals surface area contributed by atoms with Gasteiger partial charge >= 0.3 is 0 Å². The first kappa shape index (κ1) is 20.9. The van der Waals surface area contributed by atoms with Gasteiger partial charge < -0.3 is 14.6 Å². The zero-order valence-electron chi connectivity index (χ0n) is 17.0. The summed E-state index contributed by atoms with van der Waals surface area (Å²) in [4.78, 5) is 12.6. The van der Waals surface area contributed by atoms with Crippen molar-refractivity contribution in [1.29, 1.82) is 0 Å². The third-order valence-electron chi connectivity index (χ3n) is 4.63. The maximum absolute atomic E-state index is 12.6. The maximum Gasteiger partial charge on any atom is 0.230 e. The predicted molar refractivity (Wildman–Crippen MR) is 116 cm³/mol. The molecule has 2 aromatic carbocycles. The second-order valence-electron chi connectivity index (χ2n) is 6.67. The number of nitrogens with zero attached hydrogens (tertiary/aromatic N) is 3. The number of nitrogens with one attached hydrogen (secondary N) is 1. The van der Waals surface area contributed by atoms with Crippen LogP contribution in [-0.4, -0.2) is 33.5 Å². The van der Waals surface area contributed by atoms with Gasteiger partial charge in [0.1, 0.15) is 5.75 Å². The summed E-state index contributed by atoms with van der Waals surface area (Å²) >= 11 is 1.38. The number of amides is 1. The van der Waals surface area contributed by atoms with Crippen molar-refractivity contribution in [3.8, 4) is 17.1 Å². The van der Waals surface area contributed by atoms with Crippen molar-refractivity contribution < 1.29 is 9.53 Å². The van der Waals surface area contributed by atoms with E-state index >= 15 is 0 Å². The quantitative estimate of drug-likeness (QED) is 0.534. The van der Waals surface area contributed by atoms with E-state index < -0.39 is 0 Å². The summed E-state index contributed by atoms with van der Waals surface area (Å²) in [7, 11) is 3.53. The lowest BCUT2D eigenvalue weighted by Crippen LogP contribution is -2.30. The number of ether oxygens (including phenoxy) is 1. The highest BCUT2D eigenvalue weighted by Gasteiger charge is 2.17. The van der Waals surface area contributed by atoms with E-state index in [9.17, 15) is 4.79 Å². The molecule has 1 atom stereocenters. The molecule has 6 nitrogen and oxygen atoms in total. The van der Waals surface area contributed by atoms with E-state index in [-0.39, 0.29) is 17.7 Å². The number of thioether (sulfide) groups is 1. The van der Waals surface area contributed by atoms with Crippen LogP contribution in [0.4, 0.5) is 0 Å². The second-order valence-corrected chi connectivity index (χ2v) is 7.62. The van der Waals surface area contributed by atoms with Crippen molar-refractivity contribution in [1.82, 2.24) is 20.1 Å². The third kappa shape index (κ3) is 5.17. The van der Waals surface area contributed by atoms with Crippen molar-refractivity contribution in [2.75, 3.05) is 12.9 Å². The Bertz CT molecular complexity index is 943. The van der Waals surface area contributed by atoms with Gasteiger partial charge in [-0.3, -0.25) is 4.79 Å². The van der Waals surface area contributed by atoms with Crippen molar-refractivity contribution >= 4 is 17.7 Å². The first-order valence-corrected chi connectivity index (χ1v) is 10.6. The van der Waals surface area contributed by atoms with Gasteiger partial charge in [0.15, 0.2) is 11.0 Å². The Hall–Kier alpha value is -2.80. The Morgan fingerprint density at radius 1 is 1.14 bits per heavy atom. The Balaban J connectivity index is 1.65. The molecule has 1 amide bonds. The molecule has 0 aliphatic carbocycles. The molecule has 0 unspecified atom stereocenters. The molecule has 0 spiro atoms. The van der Waals surface area contributed by atoms with Crippen LogP contribution in [0.1, 0.15) is 31.4 Å². The fourth-order valence-corrected chi connectivity index (χ4v) is 3.89. The summed E-state index contributed by atoms with van der Waals surface area (Å²) in [5.41, 5.74) is 2.00. The molecule has 0 bridgehead atoms. The summed E-state index contributed by atoms with van der Waals surface area (Å²) in [6.07, 6.45) is 1.90. The Kier molecular flexibility index (Phi) is 7.30. The molecular weight excluding hydrogens is 384 g/mol. The topological polar surface area (TPSA) is 69.0 Å². The van der Waals surface area contributed by atoms with Gasteiger partial charge in [0.05, 0.1) is 24.5 Å². The fraction of sp³-hybridized carbons (Fsp3) is 0.318. The van der Waals surface area contributed by atoms with E-state index in [1.165, 1.54) is 11.8 Å². The molecule has 3 rings (SSSR count). The predicted octanol–water partition coefficient (Wildman–Crippen LogP) is 4.24. The fourth-order valence-electron chi connectivity index (χ4n) is 3.17. The molecule has 1 heterocycles. The highest BCUT2D eigenvalue weighted by molar-refractivity contribution is 7.99. The molecule has 152 valence electrons. The first-order valence-electron chi connectivity index (χ1n) is 9.64. The number of rotatable bonds is 9. The smallest absolute Gasteiger partial charge is 0.230 e. The number of carbonyl (C=O) groups excluding carboxylic acids is 1. The molecule has 0 aliphatic rings. The van der Waals surface area contributed by atoms with E-state index in [1.807, 2.05) is 54.1 Å². The largest absolute Gasteiger partial charge is 0.496 e. The van der Waals surface area contributed by atoms with Crippen molar-refractivity contribution in [2.24, 2.45) is 7.05 Å². The Morgan fingerprint density at radius 2 is 1.86 bits per heavy atom. The summed E-state index contributed by atoms with van der Waals surface area (Å²) in [6.45, 7) is 2.12. The zero-order chi connectivity index (χ0) is 20.6. The Labute approximate surface area is 175 Å². The second kappa shape index (κ2) is 10.1. The van der Waals surface area contributed by atoms with Gasteiger partial charge in [-0.05, 0) is 24.1 Å². The molecule has 1 N–H and O–H groups in total. The summed E-state index contributed by atoms with van der Waals surface area (Å²) in [5.74, 6) is 1.71. The normalized spacial score (nSPS) is 11.8. The average Bonchev–Trinajstić information content (AvgIpc) is 3.12. The van der Waals surface area contributed by atoms with E-state index in [2.05, 4.69) is 34.6 Å². The molecule has 3 aromatic rings. The minimum Gasteiger partial charge on any atom is -0.496 e. The van der Waals surface area contributed by atoms with E-state index in [0.29, 0.717) is 11.0 Å². The van der Waals surface area contributed by atoms with Crippen LogP contribution in [0.15, 0.2) is 59.8 Å². The van der Waals surface area contributed by atoms with Crippen molar-refractivity contribution in [2.45, 2.75) is 31.0 Å². The zero-order valence-corrected chi connectivity index (χ0v) is 17.8. The number of para-hydroxylation sites is 1. The minimum absolute atomic E-state index is 0.0147. The molecule has 7 heteroatoms. The van der Waals surface area contributed by atoms with Gasteiger partial charge in [-0.15, -0.1) is 10.2 Å². The molecule has 0 saturated heterocycles. The number of hydrogen-bond donors (Lipinski definition) is 1. The lowest BCUT2D eigenvalue weighted by Gasteiger charge is -2.18. The van der Waals surface area contributed by atoms with Gasteiger partial charge in [-0.25, -0.2) is 0 Å². The van der Waals surface area contributed by atoms with Crippen LogP contribution in [0.2, 0.25) is 0 Å².